The van der Waals surface area contributed by atoms with E-state index in [1.807, 2.05) is 7.05 Å². The van der Waals surface area contributed by atoms with Gasteiger partial charge in [0.1, 0.15) is 5.92 Å². The first-order valence-electron chi connectivity index (χ1n) is 9.86. The van der Waals surface area contributed by atoms with Crippen LogP contribution in [0.2, 0.25) is 0 Å². The van der Waals surface area contributed by atoms with Crippen molar-refractivity contribution in [3.05, 3.63) is 47.0 Å². The second-order valence-electron chi connectivity index (χ2n) is 8.17. The number of fused-ring (bicyclic) bond motifs is 4. The molecule has 0 amide bonds. The first kappa shape index (κ1) is 19.8. The highest BCUT2D eigenvalue weighted by atomic mass is 16.5. The van der Waals surface area contributed by atoms with E-state index in [-0.39, 0.29) is 23.7 Å². The molecule has 2 fully saturated rings. The van der Waals surface area contributed by atoms with E-state index in [0.717, 1.165) is 18.4 Å². The lowest BCUT2D eigenvalue weighted by atomic mass is 9.53. The van der Waals surface area contributed by atoms with Gasteiger partial charge in [0.05, 0.1) is 36.6 Å². The molecule has 150 valence electrons. The van der Waals surface area contributed by atoms with E-state index in [0.29, 0.717) is 11.1 Å². The molecule has 2 heterocycles. The maximum Gasteiger partial charge on any atom is 0.337 e. The summed E-state index contributed by atoms with van der Waals surface area (Å²) >= 11 is 0. The van der Waals surface area contributed by atoms with Gasteiger partial charge < -0.3 is 10.1 Å². The molecule has 1 aromatic carbocycles. The van der Waals surface area contributed by atoms with Gasteiger partial charge in [-0.25, -0.2) is 4.79 Å². The zero-order chi connectivity index (χ0) is 21.6. The van der Waals surface area contributed by atoms with Gasteiger partial charge in [0.2, 0.25) is 0 Å². The van der Waals surface area contributed by atoms with Crippen LogP contribution in [-0.2, 0) is 4.74 Å². The van der Waals surface area contributed by atoms with E-state index < -0.39 is 23.2 Å². The predicted octanol–water partition coefficient (Wildman–Crippen LogP) is 2.78. The molecule has 1 unspecified atom stereocenters. The fourth-order valence-corrected chi connectivity index (χ4v) is 5.54. The fourth-order valence-electron chi connectivity index (χ4n) is 5.54. The third-order valence-electron chi connectivity index (χ3n) is 7.03. The topological polar surface area (TPSA) is 125 Å². The number of benzene rings is 1. The van der Waals surface area contributed by atoms with Crippen molar-refractivity contribution in [1.29, 1.82) is 21.2 Å². The Kier molecular flexibility index (Phi) is 4.69. The summed E-state index contributed by atoms with van der Waals surface area (Å²) in [6.45, 7) is 0. The maximum atomic E-state index is 11.8. The second kappa shape index (κ2) is 7.10. The number of nitrogens with one attached hydrogen (secondary N) is 1. The largest absolute Gasteiger partial charge is 0.465 e. The number of esters is 1. The Morgan fingerprint density at radius 2 is 1.87 bits per heavy atom. The van der Waals surface area contributed by atoms with Crippen molar-refractivity contribution in [2.45, 2.75) is 30.8 Å². The molecule has 0 spiro atoms. The molecule has 7 heteroatoms. The van der Waals surface area contributed by atoms with Crippen LogP contribution in [0.1, 0.15) is 34.7 Å². The smallest absolute Gasteiger partial charge is 0.337 e. The third kappa shape index (κ3) is 2.51. The number of likely N-dealkylation sites (N-methyl/N-ethyl adjacent to an activating group) is 1. The first-order valence-corrected chi connectivity index (χ1v) is 9.86. The van der Waals surface area contributed by atoms with Gasteiger partial charge >= 0.3 is 5.97 Å². The van der Waals surface area contributed by atoms with E-state index in [1.165, 1.54) is 7.11 Å². The Bertz CT molecular complexity index is 1050. The van der Waals surface area contributed by atoms with Crippen molar-refractivity contribution in [3.63, 3.8) is 0 Å². The number of nitriles is 3. The van der Waals surface area contributed by atoms with E-state index >= 15 is 0 Å². The molecule has 30 heavy (non-hydrogen) atoms. The van der Waals surface area contributed by atoms with Crippen LogP contribution in [-0.4, -0.2) is 42.8 Å². The van der Waals surface area contributed by atoms with Crippen molar-refractivity contribution < 1.29 is 9.53 Å². The average Bonchev–Trinajstić information content (AvgIpc) is 3.01. The molecule has 4 rings (SSSR count). The summed E-state index contributed by atoms with van der Waals surface area (Å²) in [6.07, 6.45) is 3.93. The molecule has 1 aromatic rings. The second-order valence-corrected chi connectivity index (χ2v) is 8.17. The number of ether oxygens (including phenoxy) is 1. The number of hydrogen-bond acceptors (Lipinski definition) is 7. The summed E-state index contributed by atoms with van der Waals surface area (Å²) in [5.74, 6) is -2.16. The van der Waals surface area contributed by atoms with Gasteiger partial charge in [-0.05, 0) is 43.2 Å². The quantitative estimate of drug-likeness (QED) is 0.602. The third-order valence-corrected chi connectivity index (χ3v) is 7.03. The van der Waals surface area contributed by atoms with Crippen LogP contribution in [0.5, 0.6) is 0 Å². The molecule has 1 saturated heterocycles. The van der Waals surface area contributed by atoms with Gasteiger partial charge in [-0.15, -0.1) is 0 Å². The summed E-state index contributed by atoms with van der Waals surface area (Å²) in [6, 6.07) is 13.4. The minimum atomic E-state index is -1.74. The van der Waals surface area contributed by atoms with Gasteiger partial charge in [0, 0.05) is 23.9 Å². The molecule has 0 radical (unpaired) electrons. The van der Waals surface area contributed by atoms with Crippen molar-refractivity contribution >= 4 is 11.7 Å². The molecule has 1 saturated carbocycles. The molecule has 2 aliphatic heterocycles. The van der Waals surface area contributed by atoms with Crippen LogP contribution in [0.25, 0.3) is 0 Å². The van der Waals surface area contributed by atoms with Crippen molar-refractivity contribution in [2.75, 3.05) is 14.2 Å². The summed E-state index contributed by atoms with van der Waals surface area (Å²) in [5.41, 5.74) is 0.0474. The van der Waals surface area contributed by atoms with E-state index in [2.05, 4.69) is 29.2 Å². The number of carbonyl (C=O) groups is 1. The number of methoxy groups -OCH3 is 1. The minimum absolute atomic E-state index is 0.0882. The summed E-state index contributed by atoms with van der Waals surface area (Å²) < 4.78 is 4.76. The predicted molar refractivity (Wildman–Crippen MR) is 107 cm³/mol. The molecule has 1 aliphatic carbocycles. The van der Waals surface area contributed by atoms with Gasteiger partial charge in [-0.3, -0.25) is 4.90 Å². The Labute approximate surface area is 175 Å². The lowest BCUT2D eigenvalue weighted by Crippen LogP contribution is -2.55. The van der Waals surface area contributed by atoms with Gasteiger partial charge in [0.25, 0.3) is 0 Å². The van der Waals surface area contributed by atoms with Crippen LogP contribution < -0.4 is 0 Å². The first-order chi connectivity index (χ1) is 14.4. The van der Waals surface area contributed by atoms with Gasteiger partial charge in [0.15, 0.2) is 5.41 Å². The lowest BCUT2D eigenvalue weighted by molar-refractivity contribution is 0.0600. The number of hydrogen-bond donors (Lipinski definition) is 1. The van der Waals surface area contributed by atoms with Crippen LogP contribution in [0.4, 0.5) is 0 Å². The van der Waals surface area contributed by atoms with Crippen LogP contribution in [0.15, 0.2) is 35.9 Å². The lowest BCUT2D eigenvalue weighted by Gasteiger charge is -2.50. The van der Waals surface area contributed by atoms with Crippen LogP contribution >= 0.6 is 0 Å². The molecular weight excluding hydrogens is 378 g/mol. The van der Waals surface area contributed by atoms with Gasteiger partial charge in [-0.2, -0.15) is 15.8 Å². The molecule has 5 atom stereocenters. The highest BCUT2D eigenvalue weighted by Gasteiger charge is 2.61. The van der Waals surface area contributed by atoms with Crippen molar-refractivity contribution in [1.82, 2.24) is 4.90 Å². The van der Waals surface area contributed by atoms with E-state index in [9.17, 15) is 20.6 Å². The minimum Gasteiger partial charge on any atom is -0.465 e. The fraction of sp³-hybridized carbons (Fsp3) is 0.435. The molecular formula is C23H21N5O2. The van der Waals surface area contributed by atoms with E-state index in [4.69, 9.17) is 10.1 Å². The molecule has 7 nitrogen and oxygen atoms in total. The van der Waals surface area contributed by atoms with Crippen molar-refractivity contribution in [2.24, 2.45) is 17.3 Å². The number of carbonyl (C=O) groups excluding carboxylic acids is 1. The zero-order valence-corrected chi connectivity index (χ0v) is 16.8. The number of nitrogens with zero attached hydrogens (tertiary/aromatic N) is 4. The summed E-state index contributed by atoms with van der Waals surface area (Å²) in [4.78, 5) is 14.1. The maximum absolute atomic E-state index is 11.8. The summed E-state index contributed by atoms with van der Waals surface area (Å²) in [7, 11) is 3.34. The zero-order valence-electron chi connectivity index (χ0n) is 16.8. The Hall–Kier alpha value is -3.47. The van der Waals surface area contributed by atoms with E-state index in [1.54, 1.807) is 24.3 Å². The standard InChI is InChI=1S/C23H21N5O2/c1-28-15-7-8-18(28)19-16(9-15)17(10-24)21(27)23(11-25,12-26)20(19)13-3-5-14(6-4-13)22(29)30-2/h3-6,9,15,17-20,27H,7-8H2,1-2H3/t15-,17?,18+,19+,20-/m0/s1. The number of rotatable bonds is 2. The van der Waals surface area contributed by atoms with Crippen LogP contribution in [0, 0.1) is 56.7 Å². The summed E-state index contributed by atoms with van der Waals surface area (Å²) in [5, 5.41) is 38.8. The molecule has 2 bridgehead atoms. The monoisotopic (exact) mass is 399 g/mol. The normalized spacial score (nSPS) is 31.5. The highest BCUT2D eigenvalue weighted by Crippen LogP contribution is 2.57. The molecule has 3 aliphatic rings. The van der Waals surface area contributed by atoms with Gasteiger partial charge in [-0.1, -0.05) is 18.2 Å². The van der Waals surface area contributed by atoms with Crippen LogP contribution in [0.3, 0.4) is 0 Å². The Morgan fingerprint density at radius 3 is 2.43 bits per heavy atom. The highest BCUT2D eigenvalue weighted by molar-refractivity contribution is 6.01. The Balaban J connectivity index is 1.92. The van der Waals surface area contributed by atoms with Crippen molar-refractivity contribution in [3.8, 4) is 18.2 Å². The average molecular weight is 399 g/mol. The Morgan fingerprint density at radius 1 is 1.20 bits per heavy atom. The molecule has 0 aromatic heterocycles. The SMILES string of the molecule is COC(=O)c1ccc([C@H]2[C@@H]3C(=C[C@@H]4CC[C@H]3N4C)C(C#N)C(=N)C2(C#N)C#N)cc1. The molecule has 1 N–H and O–H groups in total.